The van der Waals surface area contributed by atoms with Crippen LogP contribution in [0.2, 0.25) is 0 Å². The Morgan fingerprint density at radius 3 is 2.43 bits per heavy atom. The van der Waals surface area contributed by atoms with E-state index in [2.05, 4.69) is 19.7 Å². The van der Waals surface area contributed by atoms with Crippen molar-refractivity contribution < 1.29 is 9.90 Å². The molecule has 0 aromatic carbocycles. The van der Waals surface area contributed by atoms with E-state index in [-0.39, 0.29) is 11.8 Å². The molecule has 0 aliphatic rings. The molecule has 2 nitrogen and oxygen atoms in total. The summed E-state index contributed by atoms with van der Waals surface area (Å²) in [6, 6.07) is 0. The van der Waals surface area contributed by atoms with Gasteiger partial charge in [-0.05, 0) is 37.5 Å². The van der Waals surface area contributed by atoms with Gasteiger partial charge < -0.3 is 5.11 Å². The highest BCUT2D eigenvalue weighted by atomic mass is 16.4. The molecule has 0 radical (unpaired) electrons. The molecule has 2 heteroatoms. The van der Waals surface area contributed by atoms with Crippen molar-refractivity contribution in [3.8, 4) is 0 Å². The molecule has 116 valence electrons. The second-order valence-electron chi connectivity index (χ2n) is 5.17. The summed E-state index contributed by atoms with van der Waals surface area (Å²) < 4.78 is 0. The summed E-state index contributed by atoms with van der Waals surface area (Å²) in [5.74, 6) is -1.11. The van der Waals surface area contributed by atoms with Gasteiger partial charge >= 0.3 is 5.97 Å². The predicted octanol–water partition coefficient (Wildman–Crippen LogP) is 5.17. The van der Waals surface area contributed by atoms with Crippen molar-refractivity contribution in [3.63, 3.8) is 0 Å². The van der Waals surface area contributed by atoms with E-state index in [1.807, 2.05) is 43.4 Å². The molecule has 0 amide bonds. The number of hydrogen-bond acceptors (Lipinski definition) is 1. The van der Waals surface area contributed by atoms with Crippen molar-refractivity contribution in [2.45, 2.75) is 32.6 Å². The first-order valence-corrected chi connectivity index (χ1v) is 7.48. The quantitative estimate of drug-likeness (QED) is 0.305. The van der Waals surface area contributed by atoms with Gasteiger partial charge in [-0.2, -0.15) is 0 Å². The SMILES string of the molecule is C=C/C=C/CC(C=C)C(C)C(/C=C/CCCC=C)C(=O)O. The van der Waals surface area contributed by atoms with Gasteiger partial charge in [0, 0.05) is 0 Å². The molecule has 21 heavy (non-hydrogen) atoms. The Balaban J connectivity index is 4.70. The van der Waals surface area contributed by atoms with Crippen molar-refractivity contribution >= 4 is 5.97 Å². The predicted molar refractivity (Wildman–Crippen MR) is 91.1 cm³/mol. The molecule has 1 N–H and O–H groups in total. The van der Waals surface area contributed by atoms with Crippen LogP contribution in [0.5, 0.6) is 0 Å². The van der Waals surface area contributed by atoms with Crippen LogP contribution in [-0.4, -0.2) is 11.1 Å². The van der Waals surface area contributed by atoms with Gasteiger partial charge in [0.1, 0.15) is 0 Å². The Bertz CT molecular complexity index is 390. The van der Waals surface area contributed by atoms with E-state index in [0.717, 1.165) is 25.7 Å². The molecule has 0 aliphatic heterocycles. The molecule has 3 unspecified atom stereocenters. The van der Waals surface area contributed by atoms with Crippen LogP contribution in [-0.2, 0) is 4.79 Å². The maximum absolute atomic E-state index is 11.5. The first kappa shape index (κ1) is 19.2. The Labute approximate surface area is 129 Å². The third-order valence-corrected chi connectivity index (χ3v) is 3.63. The van der Waals surface area contributed by atoms with Gasteiger partial charge in [0.2, 0.25) is 0 Å². The van der Waals surface area contributed by atoms with E-state index < -0.39 is 11.9 Å². The summed E-state index contributed by atoms with van der Waals surface area (Å²) in [6.07, 6.45) is 16.8. The number of rotatable bonds is 12. The Morgan fingerprint density at radius 1 is 1.19 bits per heavy atom. The highest BCUT2D eigenvalue weighted by Gasteiger charge is 2.26. The largest absolute Gasteiger partial charge is 0.481 e. The minimum Gasteiger partial charge on any atom is -0.481 e. The number of carboxylic acid groups (broad SMARTS) is 1. The second kappa shape index (κ2) is 12.0. The van der Waals surface area contributed by atoms with Crippen LogP contribution in [0.3, 0.4) is 0 Å². The molecule has 0 rings (SSSR count). The summed E-state index contributed by atoms with van der Waals surface area (Å²) in [5, 5.41) is 9.43. The normalized spacial score (nSPS) is 15.7. The van der Waals surface area contributed by atoms with Gasteiger partial charge in [0.15, 0.2) is 0 Å². The lowest BCUT2D eigenvalue weighted by molar-refractivity contribution is -0.141. The van der Waals surface area contributed by atoms with Gasteiger partial charge in [-0.3, -0.25) is 4.79 Å². The van der Waals surface area contributed by atoms with Gasteiger partial charge in [-0.25, -0.2) is 0 Å². The molecule has 0 saturated heterocycles. The number of unbranched alkanes of at least 4 members (excludes halogenated alkanes) is 2. The zero-order valence-corrected chi connectivity index (χ0v) is 13.1. The van der Waals surface area contributed by atoms with E-state index in [1.165, 1.54) is 0 Å². The smallest absolute Gasteiger partial charge is 0.310 e. The number of allylic oxidation sites excluding steroid dienone is 6. The lowest BCUT2D eigenvalue weighted by atomic mass is 9.80. The van der Waals surface area contributed by atoms with Crippen molar-refractivity contribution in [3.05, 3.63) is 62.3 Å². The van der Waals surface area contributed by atoms with Gasteiger partial charge in [-0.1, -0.05) is 56.0 Å². The van der Waals surface area contributed by atoms with Crippen LogP contribution in [0.1, 0.15) is 32.6 Å². The second-order valence-corrected chi connectivity index (χ2v) is 5.17. The third-order valence-electron chi connectivity index (χ3n) is 3.63. The molecule has 0 heterocycles. The van der Waals surface area contributed by atoms with Crippen molar-refractivity contribution in [1.82, 2.24) is 0 Å². The van der Waals surface area contributed by atoms with Crippen LogP contribution < -0.4 is 0 Å². The molecule has 0 spiro atoms. The summed E-state index contributed by atoms with van der Waals surface area (Å²) in [4.78, 5) is 11.5. The monoisotopic (exact) mass is 288 g/mol. The number of carboxylic acids is 1. The van der Waals surface area contributed by atoms with Crippen LogP contribution in [0.25, 0.3) is 0 Å². The Hall–Kier alpha value is -1.83. The fraction of sp³-hybridized carbons (Fsp3) is 0.421. The number of carbonyl (C=O) groups is 1. The number of hydrogen-bond donors (Lipinski definition) is 1. The summed E-state index contributed by atoms with van der Waals surface area (Å²) >= 11 is 0. The summed E-state index contributed by atoms with van der Waals surface area (Å²) in [5.41, 5.74) is 0. The van der Waals surface area contributed by atoms with Crippen LogP contribution in [0, 0.1) is 17.8 Å². The van der Waals surface area contributed by atoms with E-state index in [1.54, 1.807) is 6.08 Å². The fourth-order valence-corrected chi connectivity index (χ4v) is 2.23. The Kier molecular flexibility index (Phi) is 10.9. The molecular formula is C19H28O2. The first-order chi connectivity index (χ1) is 10.1. The Morgan fingerprint density at radius 2 is 1.90 bits per heavy atom. The third kappa shape index (κ3) is 8.13. The number of aliphatic carboxylic acids is 1. The van der Waals surface area contributed by atoms with Crippen LogP contribution in [0.4, 0.5) is 0 Å². The molecular weight excluding hydrogens is 260 g/mol. The molecule has 0 fully saturated rings. The van der Waals surface area contributed by atoms with Gasteiger partial charge in [0.25, 0.3) is 0 Å². The highest BCUT2D eigenvalue weighted by molar-refractivity contribution is 5.72. The standard InChI is InChI=1S/C19H28O2/c1-5-8-10-11-13-15-18(19(20)21)16(4)17(7-3)14-12-9-6-2/h5-7,9,12-13,15-18H,1-3,8,10-11,14H2,4H3,(H,20,21)/b12-9+,15-13+. The van der Waals surface area contributed by atoms with Gasteiger partial charge in [-0.15, -0.1) is 13.2 Å². The average Bonchev–Trinajstić information content (AvgIpc) is 2.46. The van der Waals surface area contributed by atoms with Crippen LogP contribution in [0.15, 0.2) is 62.3 Å². The topological polar surface area (TPSA) is 37.3 Å². The highest BCUT2D eigenvalue weighted by Crippen LogP contribution is 2.27. The maximum atomic E-state index is 11.5. The van der Waals surface area contributed by atoms with Crippen molar-refractivity contribution in [2.75, 3.05) is 0 Å². The van der Waals surface area contributed by atoms with E-state index >= 15 is 0 Å². The minimum absolute atomic E-state index is 0.00474. The van der Waals surface area contributed by atoms with Gasteiger partial charge in [0.05, 0.1) is 5.92 Å². The van der Waals surface area contributed by atoms with E-state index in [4.69, 9.17) is 0 Å². The molecule has 0 aromatic heterocycles. The molecule has 0 aliphatic carbocycles. The lowest BCUT2D eigenvalue weighted by Gasteiger charge is -2.23. The van der Waals surface area contributed by atoms with E-state index in [9.17, 15) is 9.90 Å². The minimum atomic E-state index is -0.776. The molecule has 0 saturated carbocycles. The first-order valence-electron chi connectivity index (χ1n) is 7.48. The lowest BCUT2D eigenvalue weighted by Crippen LogP contribution is -2.25. The summed E-state index contributed by atoms with van der Waals surface area (Å²) in [7, 11) is 0. The van der Waals surface area contributed by atoms with Crippen molar-refractivity contribution in [2.24, 2.45) is 17.8 Å². The average molecular weight is 288 g/mol. The molecule has 0 bridgehead atoms. The van der Waals surface area contributed by atoms with E-state index in [0.29, 0.717) is 0 Å². The molecule has 3 atom stereocenters. The summed E-state index contributed by atoms with van der Waals surface area (Å²) in [6.45, 7) is 13.1. The molecule has 0 aromatic rings. The van der Waals surface area contributed by atoms with Crippen molar-refractivity contribution in [1.29, 1.82) is 0 Å². The maximum Gasteiger partial charge on any atom is 0.310 e. The zero-order valence-electron chi connectivity index (χ0n) is 13.1. The zero-order chi connectivity index (χ0) is 16.1. The van der Waals surface area contributed by atoms with Crippen LogP contribution >= 0.6 is 0 Å². The fourth-order valence-electron chi connectivity index (χ4n) is 2.23.